The van der Waals surface area contributed by atoms with Crippen molar-refractivity contribution in [2.24, 2.45) is 5.92 Å². The van der Waals surface area contributed by atoms with Gasteiger partial charge in [0.15, 0.2) is 5.82 Å². The molecule has 0 aliphatic heterocycles. The van der Waals surface area contributed by atoms with Gasteiger partial charge in [0.2, 0.25) is 11.9 Å². The minimum Gasteiger partial charge on any atom is -0.293 e. The van der Waals surface area contributed by atoms with Crippen molar-refractivity contribution in [3.63, 3.8) is 0 Å². The van der Waals surface area contributed by atoms with Crippen LogP contribution in [0.15, 0.2) is 42.6 Å². The van der Waals surface area contributed by atoms with Gasteiger partial charge >= 0.3 is 0 Å². The first-order valence-corrected chi connectivity index (χ1v) is 8.47. The van der Waals surface area contributed by atoms with Crippen molar-refractivity contribution in [3.05, 3.63) is 58.2 Å². The Bertz CT molecular complexity index is 928. The van der Waals surface area contributed by atoms with E-state index in [0.717, 1.165) is 12.0 Å². The summed E-state index contributed by atoms with van der Waals surface area (Å²) in [6.45, 7) is 0. The van der Waals surface area contributed by atoms with Crippen molar-refractivity contribution in [1.82, 2.24) is 20.2 Å². The summed E-state index contributed by atoms with van der Waals surface area (Å²) in [5.41, 5.74) is 1.68. The molecule has 0 unspecified atom stereocenters. The summed E-state index contributed by atoms with van der Waals surface area (Å²) in [5.74, 6) is 0.666. The second-order valence-electron chi connectivity index (χ2n) is 5.83. The Labute approximate surface area is 153 Å². The van der Waals surface area contributed by atoms with Gasteiger partial charge in [0.1, 0.15) is 5.69 Å². The Morgan fingerprint density at radius 2 is 2.08 bits per heavy atom. The second-order valence-corrected chi connectivity index (χ2v) is 6.65. The van der Waals surface area contributed by atoms with Gasteiger partial charge in [-0.2, -0.15) is 4.98 Å². The van der Waals surface area contributed by atoms with E-state index in [9.17, 15) is 4.79 Å². The predicted octanol–water partition coefficient (Wildman–Crippen LogP) is 3.92. The van der Waals surface area contributed by atoms with Crippen LogP contribution < -0.4 is 5.32 Å². The maximum absolute atomic E-state index is 12.4. The standard InChI is InChI=1S/C17H13Cl2N5O/c18-12-5-4-9(7-13(12)19)10-8-11(10)16(25)22-17-21-15(23-24-17)14-3-1-2-6-20-14/h1-7,10-11H,8H2,(H2,21,22,23,24,25)/t10-,11+/m0/s1. The van der Waals surface area contributed by atoms with E-state index >= 15 is 0 Å². The molecule has 2 heterocycles. The smallest absolute Gasteiger partial charge is 0.249 e. The number of carbonyl (C=O) groups excluding carboxylic acids is 1. The molecule has 0 bridgehead atoms. The number of halogens is 2. The zero-order chi connectivity index (χ0) is 17.4. The fourth-order valence-corrected chi connectivity index (χ4v) is 3.04. The maximum atomic E-state index is 12.4. The van der Waals surface area contributed by atoms with Crippen molar-refractivity contribution in [1.29, 1.82) is 0 Å². The van der Waals surface area contributed by atoms with E-state index in [2.05, 4.69) is 25.5 Å². The lowest BCUT2D eigenvalue weighted by Gasteiger charge is -2.03. The molecule has 126 valence electrons. The van der Waals surface area contributed by atoms with Gasteiger partial charge in [-0.05, 0) is 42.2 Å². The zero-order valence-electron chi connectivity index (χ0n) is 12.9. The number of H-pyrrole nitrogens is 1. The second kappa shape index (κ2) is 6.46. The first-order valence-electron chi connectivity index (χ1n) is 7.71. The van der Waals surface area contributed by atoms with Crippen molar-refractivity contribution < 1.29 is 4.79 Å². The molecule has 2 aromatic heterocycles. The zero-order valence-corrected chi connectivity index (χ0v) is 14.4. The van der Waals surface area contributed by atoms with E-state index in [1.807, 2.05) is 30.3 Å². The third kappa shape index (κ3) is 3.36. The lowest BCUT2D eigenvalue weighted by molar-refractivity contribution is -0.117. The minimum absolute atomic E-state index is 0.109. The molecule has 8 heteroatoms. The van der Waals surface area contributed by atoms with Crippen molar-refractivity contribution in [2.75, 3.05) is 5.32 Å². The number of amides is 1. The molecule has 25 heavy (non-hydrogen) atoms. The maximum Gasteiger partial charge on any atom is 0.249 e. The van der Waals surface area contributed by atoms with Gasteiger partial charge in [-0.15, -0.1) is 5.10 Å². The number of anilines is 1. The van der Waals surface area contributed by atoms with E-state index < -0.39 is 0 Å². The van der Waals surface area contributed by atoms with Crippen LogP contribution in [0, 0.1) is 5.92 Å². The molecule has 1 saturated carbocycles. The lowest BCUT2D eigenvalue weighted by atomic mass is 10.1. The van der Waals surface area contributed by atoms with E-state index in [-0.39, 0.29) is 23.7 Å². The Kier molecular flexibility index (Phi) is 4.15. The van der Waals surface area contributed by atoms with Crippen molar-refractivity contribution >= 4 is 35.1 Å². The molecule has 1 amide bonds. The highest BCUT2D eigenvalue weighted by molar-refractivity contribution is 6.42. The number of carbonyl (C=O) groups is 1. The molecule has 2 atom stereocenters. The molecule has 1 aromatic carbocycles. The molecule has 0 spiro atoms. The van der Waals surface area contributed by atoms with Crippen LogP contribution in [0.2, 0.25) is 10.0 Å². The third-order valence-electron chi connectivity index (χ3n) is 4.13. The molecule has 3 aromatic rings. The Balaban J connectivity index is 1.42. The Morgan fingerprint density at radius 3 is 2.84 bits per heavy atom. The Morgan fingerprint density at radius 1 is 1.20 bits per heavy atom. The molecule has 0 radical (unpaired) electrons. The van der Waals surface area contributed by atoms with Gasteiger partial charge in [-0.25, -0.2) is 0 Å². The summed E-state index contributed by atoms with van der Waals surface area (Å²) in [7, 11) is 0. The van der Waals surface area contributed by atoms with Crippen molar-refractivity contribution in [3.8, 4) is 11.5 Å². The third-order valence-corrected chi connectivity index (χ3v) is 4.87. The van der Waals surface area contributed by atoms with Gasteiger partial charge in [0.05, 0.1) is 10.0 Å². The number of hydrogen-bond donors (Lipinski definition) is 2. The average molecular weight is 374 g/mol. The number of hydrogen-bond acceptors (Lipinski definition) is 4. The molecule has 1 fully saturated rings. The highest BCUT2D eigenvalue weighted by Gasteiger charge is 2.44. The predicted molar refractivity (Wildman–Crippen MR) is 95.6 cm³/mol. The van der Waals surface area contributed by atoms with Gasteiger partial charge in [0, 0.05) is 12.1 Å². The summed E-state index contributed by atoms with van der Waals surface area (Å²) in [5, 5.41) is 10.5. The molecule has 1 aliphatic carbocycles. The number of pyridine rings is 1. The number of aromatic nitrogens is 4. The fourth-order valence-electron chi connectivity index (χ4n) is 2.73. The first kappa shape index (κ1) is 16.1. The van der Waals surface area contributed by atoms with Crippen LogP contribution in [0.1, 0.15) is 17.9 Å². The molecule has 4 rings (SSSR count). The number of nitrogens with zero attached hydrogens (tertiary/aromatic N) is 3. The molecule has 6 nitrogen and oxygen atoms in total. The fraction of sp³-hybridized carbons (Fsp3) is 0.176. The lowest BCUT2D eigenvalue weighted by Crippen LogP contribution is -2.15. The van der Waals surface area contributed by atoms with Gasteiger partial charge in [0.25, 0.3) is 0 Å². The van der Waals surface area contributed by atoms with Gasteiger partial charge in [-0.3, -0.25) is 20.2 Å². The minimum atomic E-state index is -0.117. The van der Waals surface area contributed by atoms with Crippen LogP contribution in [0.4, 0.5) is 5.95 Å². The van der Waals surface area contributed by atoms with Gasteiger partial charge < -0.3 is 0 Å². The summed E-state index contributed by atoms with van der Waals surface area (Å²) < 4.78 is 0. The molecule has 0 saturated heterocycles. The number of benzene rings is 1. The highest BCUT2D eigenvalue weighted by atomic mass is 35.5. The Hall–Kier alpha value is -2.44. The number of rotatable bonds is 4. The monoisotopic (exact) mass is 373 g/mol. The van der Waals surface area contributed by atoms with Crippen LogP contribution in [0.5, 0.6) is 0 Å². The molecular weight excluding hydrogens is 361 g/mol. The summed E-state index contributed by atoms with van der Waals surface area (Å²) in [4.78, 5) is 20.8. The SMILES string of the molecule is O=C(Nc1n[nH]c(-c2ccccn2)n1)[C@@H]1C[C@H]1c1ccc(Cl)c(Cl)c1. The number of nitrogens with one attached hydrogen (secondary N) is 2. The van der Waals surface area contributed by atoms with Crippen LogP contribution in [0.3, 0.4) is 0 Å². The quantitative estimate of drug-likeness (QED) is 0.725. The molecule has 1 aliphatic rings. The van der Waals surface area contributed by atoms with Crippen LogP contribution in [-0.2, 0) is 4.79 Å². The van der Waals surface area contributed by atoms with E-state index in [1.165, 1.54) is 0 Å². The summed E-state index contributed by atoms with van der Waals surface area (Å²) in [6, 6.07) is 11.0. The topological polar surface area (TPSA) is 83.6 Å². The van der Waals surface area contributed by atoms with Crippen LogP contribution in [0.25, 0.3) is 11.5 Å². The first-order chi connectivity index (χ1) is 12.1. The summed E-state index contributed by atoms with van der Waals surface area (Å²) >= 11 is 12.0. The van der Waals surface area contributed by atoms with Crippen molar-refractivity contribution in [2.45, 2.75) is 12.3 Å². The van der Waals surface area contributed by atoms with E-state index in [0.29, 0.717) is 21.6 Å². The van der Waals surface area contributed by atoms with Crippen LogP contribution in [-0.4, -0.2) is 26.1 Å². The molecule has 2 N–H and O–H groups in total. The van der Waals surface area contributed by atoms with E-state index in [4.69, 9.17) is 23.2 Å². The number of aromatic amines is 1. The van der Waals surface area contributed by atoms with E-state index in [1.54, 1.807) is 12.3 Å². The summed E-state index contributed by atoms with van der Waals surface area (Å²) in [6.07, 6.45) is 2.43. The van der Waals surface area contributed by atoms with Gasteiger partial charge in [-0.1, -0.05) is 35.3 Å². The molecular formula is C17H13Cl2N5O. The normalized spacial score (nSPS) is 18.8. The van der Waals surface area contributed by atoms with Crippen LogP contribution >= 0.6 is 23.2 Å². The highest BCUT2D eigenvalue weighted by Crippen LogP contribution is 2.48. The largest absolute Gasteiger partial charge is 0.293 e. The average Bonchev–Trinajstić information content (AvgIpc) is 3.30.